The molecule has 0 spiro atoms. The quantitative estimate of drug-likeness (QED) is 0.603. The highest BCUT2D eigenvalue weighted by atomic mass is 79.9. The van der Waals surface area contributed by atoms with Crippen molar-refractivity contribution in [2.24, 2.45) is 10.8 Å². The van der Waals surface area contributed by atoms with E-state index in [1.807, 2.05) is 6.92 Å². The first kappa shape index (κ1) is 15.2. The summed E-state index contributed by atoms with van der Waals surface area (Å²) < 4.78 is 0. The third kappa shape index (κ3) is 2.60. The van der Waals surface area contributed by atoms with Crippen LogP contribution in [-0.2, 0) is 9.59 Å². The lowest BCUT2D eigenvalue weighted by Crippen LogP contribution is -2.47. The Morgan fingerprint density at radius 1 is 1.39 bits per heavy atom. The van der Waals surface area contributed by atoms with Crippen molar-refractivity contribution in [1.29, 1.82) is 0 Å². The van der Waals surface area contributed by atoms with Gasteiger partial charge in [-0.1, -0.05) is 47.8 Å². The number of carboxylic acids is 2. The van der Waals surface area contributed by atoms with Crippen LogP contribution in [0.15, 0.2) is 12.2 Å². The zero-order valence-electron chi connectivity index (χ0n) is 10.6. The Labute approximate surface area is 115 Å². The first-order chi connectivity index (χ1) is 8.28. The number of allylic oxidation sites excluding steroid dienone is 1. The summed E-state index contributed by atoms with van der Waals surface area (Å²) in [4.78, 5) is 22.6. The molecule has 1 rings (SSSR count). The molecule has 18 heavy (non-hydrogen) atoms. The molecule has 1 aliphatic carbocycles. The van der Waals surface area contributed by atoms with Crippen LogP contribution in [0.3, 0.4) is 0 Å². The number of hydrogen-bond donors (Lipinski definition) is 2. The van der Waals surface area contributed by atoms with Crippen LogP contribution in [0.1, 0.15) is 39.5 Å². The molecular formula is C13H19BrO4. The normalized spacial score (nSPS) is 35.4. The van der Waals surface area contributed by atoms with Crippen molar-refractivity contribution in [1.82, 2.24) is 0 Å². The summed E-state index contributed by atoms with van der Waals surface area (Å²) in [6.07, 6.45) is 5.54. The molecule has 102 valence electrons. The number of aliphatic carboxylic acids is 2. The first-order valence-electron chi connectivity index (χ1n) is 6.09. The van der Waals surface area contributed by atoms with Gasteiger partial charge in [0, 0.05) is 4.83 Å². The molecule has 0 saturated carbocycles. The molecule has 4 nitrogen and oxygen atoms in total. The van der Waals surface area contributed by atoms with Gasteiger partial charge in [-0.2, -0.15) is 0 Å². The summed E-state index contributed by atoms with van der Waals surface area (Å²) in [5, 5.41) is 18.8. The Morgan fingerprint density at radius 3 is 2.44 bits per heavy atom. The molecule has 0 radical (unpaired) electrons. The highest BCUT2D eigenvalue weighted by Crippen LogP contribution is 2.48. The molecule has 2 N–H and O–H groups in total. The van der Waals surface area contributed by atoms with Crippen LogP contribution in [0.25, 0.3) is 0 Å². The van der Waals surface area contributed by atoms with Gasteiger partial charge >= 0.3 is 11.9 Å². The lowest BCUT2D eigenvalue weighted by Gasteiger charge is -2.41. The second-order valence-electron chi connectivity index (χ2n) is 5.23. The molecule has 0 fully saturated rings. The maximum absolute atomic E-state index is 11.6. The van der Waals surface area contributed by atoms with Crippen molar-refractivity contribution in [3.63, 3.8) is 0 Å². The average molecular weight is 319 g/mol. The number of alkyl halides is 1. The molecule has 1 aliphatic rings. The van der Waals surface area contributed by atoms with E-state index in [1.54, 1.807) is 19.1 Å². The van der Waals surface area contributed by atoms with Crippen molar-refractivity contribution in [2.75, 3.05) is 0 Å². The Kier molecular flexibility index (Phi) is 4.59. The number of unbranched alkanes of at least 4 members (excludes halogenated alkanes) is 1. The van der Waals surface area contributed by atoms with Gasteiger partial charge in [0.15, 0.2) is 0 Å². The third-order valence-electron chi connectivity index (χ3n) is 3.73. The maximum atomic E-state index is 11.6. The van der Waals surface area contributed by atoms with Gasteiger partial charge < -0.3 is 10.2 Å². The molecule has 0 aromatic rings. The fourth-order valence-electron chi connectivity index (χ4n) is 2.46. The Balaban J connectivity index is 3.14. The molecule has 5 heteroatoms. The maximum Gasteiger partial charge on any atom is 0.313 e. The highest BCUT2D eigenvalue weighted by molar-refractivity contribution is 9.09. The third-order valence-corrected chi connectivity index (χ3v) is 4.92. The van der Waals surface area contributed by atoms with Gasteiger partial charge in [0.1, 0.15) is 0 Å². The van der Waals surface area contributed by atoms with Gasteiger partial charge in [0.25, 0.3) is 0 Å². The lowest BCUT2D eigenvalue weighted by molar-refractivity contribution is -0.155. The molecular weight excluding hydrogens is 300 g/mol. The molecule has 0 heterocycles. The fourth-order valence-corrected chi connectivity index (χ4v) is 3.20. The second kappa shape index (κ2) is 5.43. The van der Waals surface area contributed by atoms with Crippen molar-refractivity contribution >= 4 is 27.9 Å². The van der Waals surface area contributed by atoms with Crippen molar-refractivity contribution in [3.8, 4) is 0 Å². The Hall–Kier alpha value is -0.840. The van der Waals surface area contributed by atoms with Gasteiger partial charge in [-0.25, -0.2) is 0 Å². The molecule has 0 aromatic carbocycles. The number of carboxylic acid groups (broad SMARTS) is 2. The number of rotatable bonds is 5. The van der Waals surface area contributed by atoms with E-state index in [4.69, 9.17) is 0 Å². The summed E-state index contributed by atoms with van der Waals surface area (Å²) in [6.45, 7) is 3.57. The molecule has 0 aromatic heterocycles. The van der Waals surface area contributed by atoms with E-state index in [0.29, 0.717) is 6.42 Å². The van der Waals surface area contributed by atoms with Gasteiger partial charge in [0.2, 0.25) is 0 Å². The first-order valence-corrected chi connectivity index (χ1v) is 7.00. The summed E-state index contributed by atoms with van der Waals surface area (Å²) in [7, 11) is 0. The topological polar surface area (TPSA) is 74.6 Å². The van der Waals surface area contributed by atoms with Crippen molar-refractivity contribution in [2.45, 2.75) is 44.4 Å². The molecule has 0 bridgehead atoms. The highest BCUT2D eigenvalue weighted by Gasteiger charge is 2.52. The zero-order valence-corrected chi connectivity index (χ0v) is 12.2. The van der Waals surface area contributed by atoms with Crippen LogP contribution in [-0.4, -0.2) is 27.0 Å². The second-order valence-corrected chi connectivity index (χ2v) is 6.21. The summed E-state index contributed by atoms with van der Waals surface area (Å²) >= 11 is 3.38. The minimum Gasteiger partial charge on any atom is -0.481 e. The van der Waals surface area contributed by atoms with E-state index < -0.39 is 22.8 Å². The monoisotopic (exact) mass is 318 g/mol. The van der Waals surface area contributed by atoms with E-state index in [-0.39, 0.29) is 11.2 Å². The van der Waals surface area contributed by atoms with E-state index in [1.165, 1.54) is 0 Å². The predicted octanol–water partition coefficient (Wildman–Crippen LogP) is 3.06. The predicted molar refractivity (Wildman–Crippen MR) is 71.8 cm³/mol. The van der Waals surface area contributed by atoms with Gasteiger partial charge in [-0.05, 0) is 19.8 Å². The van der Waals surface area contributed by atoms with Gasteiger partial charge in [0.05, 0.1) is 10.8 Å². The largest absolute Gasteiger partial charge is 0.481 e. The minimum atomic E-state index is -1.10. The number of carbonyl (C=O) groups is 2. The lowest BCUT2D eigenvalue weighted by atomic mass is 9.64. The van der Waals surface area contributed by atoms with Crippen molar-refractivity contribution in [3.05, 3.63) is 12.2 Å². The molecule has 0 aliphatic heterocycles. The van der Waals surface area contributed by atoms with Crippen LogP contribution < -0.4 is 0 Å². The van der Waals surface area contributed by atoms with Gasteiger partial charge in [-0.15, -0.1) is 0 Å². The fraction of sp³-hybridized carbons (Fsp3) is 0.692. The smallest absolute Gasteiger partial charge is 0.313 e. The average Bonchev–Trinajstić information content (AvgIpc) is 2.30. The molecule has 3 unspecified atom stereocenters. The molecule has 3 atom stereocenters. The van der Waals surface area contributed by atoms with Crippen molar-refractivity contribution < 1.29 is 19.8 Å². The standard InChI is InChI=1S/C13H19BrO4/c1-3-4-6-13(11(17)18)8-12(2,10(15)16)7-5-9(13)14/h5,7,9H,3-4,6,8H2,1-2H3,(H,15,16)(H,17,18). The van der Waals surface area contributed by atoms with Crippen LogP contribution in [0, 0.1) is 10.8 Å². The number of hydrogen-bond acceptors (Lipinski definition) is 2. The van der Waals surface area contributed by atoms with Crippen LogP contribution in [0.2, 0.25) is 0 Å². The van der Waals surface area contributed by atoms with Crippen LogP contribution in [0.5, 0.6) is 0 Å². The van der Waals surface area contributed by atoms with E-state index in [9.17, 15) is 19.8 Å². The number of halogens is 1. The van der Waals surface area contributed by atoms with Crippen LogP contribution >= 0.6 is 15.9 Å². The van der Waals surface area contributed by atoms with E-state index in [0.717, 1.165) is 12.8 Å². The Morgan fingerprint density at radius 2 is 2.00 bits per heavy atom. The van der Waals surface area contributed by atoms with E-state index in [2.05, 4.69) is 15.9 Å². The summed E-state index contributed by atoms with van der Waals surface area (Å²) in [6, 6.07) is 0. The van der Waals surface area contributed by atoms with E-state index >= 15 is 0 Å². The minimum absolute atomic E-state index is 0.122. The molecule has 0 saturated heterocycles. The summed E-state index contributed by atoms with van der Waals surface area (Å²) in [5.41, 5.74) is -2.13. The summed E-state index contributed by atoms with van der Waals surface area (Å²) in [5.74, 6) is -1.89. The zero-order chi connectivity index (χ0) is 14.0. The SMILES string of the molecule is CCCCC1(C(=O)O)CC(C)(C(=O)O)C=CC1Br. The Bertz CT molecular complexity index is 379. The molecule has 0 amide bonds. The van der Waals surface area contributed by atoms with Crippen LogP contribution in [0.4, 0.5) is 0 Å². The van der Waals surface area contributed by atoms with Gasteiger partial charge in [-0.3, -0.25) is 9.59 Å².